The van der Waals surface area contributed by atoms with E-state index >= 15 is 0 Å². The Hall–Kier alpha value is -3.56. The third-order valence-electron chi connectivity index (χ3n) is 9.54. The number of halogens is 1. The smallest absolute Gasteiger partial charge is 0.410 e. The van der Waals surface area contributed by atoms with Gasteiger partial charge in [0.15, 0.2) is 6.10 Å². The number of hydrogen-bond acceptors (Lipinski definition) is 5. The van der Waals surface area contributed by atoms with Crippen molar-refractivity contribution in [1.82, 2.24) is 19.6 Å². The molecule has 5 rings (SSSR count). The van der Waals surface area contributed by atoms with Crippen molar-refractivity contribution in [3.63, 3.8) is 0 Å². The normalized spacial score (nSPS) is 18.7. The molecule has 0 unspecified atom stereocenters. The number of piperidine rings is 2. The number of ether oxygens (including phenoxy) is 1. The van der Waals surface area contributed by atoms with Crippen molar-refractivity contribution in [2.45, 2.75) is 70.6 Å². The van der Waals surface area contributed by atoms with E-state index in [4.69, 9.17) is 16.3 Å². The number of hydrogen-bond donors (Lipinski definition) is 1. The van der Waals surface area contributed by atoms with Crippen LogP contribution in [-0.4, -0.2) is 102 Å². The van der Waals surface area contributed by atoms with Crippen LogP contribution in [0.15, 0.2) is 55.1 Å². The van der Waals surface area contributed by atoms with Gasteiger partial charge in [0.1, 0.15) is 0 Å². The molecule has 2 saturated heterocycles. The lowest BCUT2D eigenvalue weighted by Crippen LogP contribution is -2.52. The van der Waals surface area contributed by atoms with Gasteiger partial charge in [0, 0.05) is 68.5 Å². The van der Waals surface area contributed by atoms with E-state index in [-0.39, 0.29) is 24.4 Å². The minimum atomic E-state index is -0.948. The van der Waals surface area contributed by atoms with Crippen molar-refractivity contribution in [3.8, 4) is 0 Å². The Labute approximate surface area is 272 Å². The average Bonchev–Trinajstić information content (AvgIpc) is 3.22. The number of likely N-dealkylation sites (N-methyl/N-ethyl adjacent to an activating group) is 1. The van der Waals surface area contributed by atoms with E-state index in [9.17, 15) is 14.4 Å². The number of anilines is 1. The highest BCUT2D eigenvalue weighted by Crippen LogP contribution is 2.26. The van der Waals surface area contributed by atoms with E-state index in [1.165, 1.54) is 0 Å². The second kappa shape index (κ2) is 15.1. The molecule has 1 N–H and O–H groups in total. The van der Waals surface area contributed by atoms with Crippen LogP contribution < -0.4 is 5.32 Å². The fourth-order valence-corrected chi connectivity index (χ4v) is 7.01. The number of carbonyl (C=O) groups excluding carboxylic acids is 3. The first-order valence-electron chi connectivity index (χ1n) is 16.3. The number of nitrogens with one attached hydrogen (secondary N) is 1. The van der Waals surface area contributed by atoms with Crippen LogP contribution in [0, 0.1) is 6.92 Å². The zero-order valence-electron chi connectivity index (χ0n) is 26.6. The number of para-hydroxylation sites is 1. The van der Waals surface area contributed by atoms with Gasteiger partial charge in [0.25, 0.3) is 5.91 Å². The van der Waals surface area contributed by atoms with Crippen molar-refractivity contribution in [2.75, 3.05) is 51.1 Å². The van der Waals surface area contributed by atoms with E-state index in [0.29, 0.717) is 56.6 Å². The third-order valence-corrected chi connectivity index (χ3v) is 9.95. The number of rotatable bonds is 9. The van der Waals surface area contributed by atoms with Crippen LogP contribution in [0.2, 0.25) is 5.02 Å². The fraction of sp³-hybridized carbons (Fsp3) is 0.514. The molecule has 0 saturated carbocycles. The number of amides is 4. The molecule has 2 aromatic carbocycles. The van der Waals surface area contributed by atoms with Crippen LogP contribution in [0.25, 0.3) is 0 Å². The minimum Gasteiger partial charge on any atom is -0.436 e. The Kier molecular flexibility index (Phi) is 11.0. The van der Waals surface area contributed by atoms with Gasteiger partial charge in [-0.3, -0.25) is 9.69 Å². The lowest BCUT2D eigenvalue weighted by atomic mass is 10.0. The summed E-state index contributed by atoms with van der Waals surface area (Å²) >= 11 is 6.41. The molecular formula is C35H46ClN5O4. The second-order valence-electron chi connectivity index (χ2n) is 12.3. The van der Waals surface area contributed by atoms with E-state index in [0.717, 1.165) is 54.7 Å². The molecule has 9 nitrogen and oxygen atoms in total. The Morgan fingerprint density at radius 1 is 1.07 bits per heavy atom. The highest BCUT2D eigenvalue weighted by molar-refractivity contribution is 6.31. The molecule has 0 radical (unpaired) electrons. The summed E-state index contributed by atoms with van der Waals surface area (Å²) in [5.74, 6) is -0.166. The quantitative estimate of drug-likeness (QED) is 0.355. The third kappa shape index (κ3) is 8.00. The van der Waals surface area contributed by atoms with Crippen LogP contribution in [-0.2, 0) is 22.4 Å². The summed E-state index contributed by atoms with van der Waals surface area (Å²) in [4.78, 5) is 48.2. The number of carbonyl (C=O) groups is 3. The number of likely N-dealkylation sites (tertiary alicyclic amines) is 2. The van der Waals surface area contributed by atoms with Gasteiger partial charge in [-0.15, -0.1) is 6.58 Å². The SMILES string of the molecule is C=CCN(CC)C1CCN(C(=O)[C@@H](Cc2ccc(C)c(Cl)c2)OC(=O)N2CCC(N3CCc4ccccc4NC3=O)CC2)CC1. The molecule has 1 atom stereocenters. The van der Waals surface area contributed by atoms with Gasteiger partial charge in [-0.1, -0.05) is 54.9 Å². The van der Waals surface area contributed by atoms with E-state index in [1.54, 1.807) is 4.90 Å². The molecule has 242 valence electrons. The molecular weight excluding hydrogens is 590 g/mol. The van der Waals surface area contributed by atoms with Crippen molar-refractivity contribution in [1.29, 1.82) is 0 Å². The van der Waals surface area contributed by atoms with Crippen molar-refractivity contribution in [2.24, 2.45) is 0 Å². The van der Waals surface area contributed by atoms with Gasteiger partial charge >= 0.3 is 12.1 Å². The number of nitrogens with zero attached hydrogens (tertiary/aromatic N) is 4. The Morgan fingerprint density at radius 2 is 1.78 bits per heavy atom. The largest absolute Gasteiger partial charge is 0.436 e. The number of fused-ring (bicyclic) bond motifs is 1. The minimum absolute atomic E-state index is 0.0283. The summed E-state index contributed by atoms with van der Waals surface area (Å²) in [6.07, 6.45) is 4.56. The molecule has 2 aromatic rings. The topological polar surface area (TPSA) is 85.4 Å². The molecule has 45 heavy (non-hydrogen) atoms. The van der Waals surface area contributed by atoms with Crippen LogP contribution in [0.4, 0.5) is 15.3 Å². The molecule has 2 fully saturated rings. The maximum Gasteiger partial charge on any atom is 0.410 e. The van der Waals surface area contributed by atoms with Crippen molar-refractivity contribution < 1.29 is 19.1 Å². The standard InChI is InChI=1S/C35H46ClN5O4/c1-4-17-38(5-2)28-13-18-39(19-14-28)33(42)32(24-26-11-10-25(3)30(36)23-26)45-35(44)40-20-15-29(16-21-40)41-22-12-27-8-6-7-9-31(27)37-34(41)43/h4,6-11,23,28-29,32H,1,5,12-22,24H2,2-3H3,(H,37,43)/t32-/m1/s1. The second-order valence-corrected chi connectivity index (χ2v) is 12.7. The zero-order valence-corrected chi connectivity index (χ0v) is 27.3. The highest BCUT2D eigenvalue weighted by Gasteiger charge is 2.36. The van der Waals surface area contributed by atoms with Crippen molar-refractivity contribution >= 4 is 35.3 Å². The Morgan fingerprint density at radius 3 is 2.47 bits per heavy atom. The monoisotopic (exact) mass is 635 g/mol. The van der Waals surface area contributed by atoms with E-state index in [1.807, 2.05) is 65.3 Å². The molecule has 0 aliphatic carbocycles. The molecule has 3 aliphatic heterocycles. The summed E-state index contributed by atoms with van der Waals surface area (Å²) < 4.78 is 6.01. The van der Waals surface area contributed by atoms with Crippen LogP contribution in [0.5, 0.6) is 0 Å². The zero-order chi connectivity index (χ0) is 31.9. The molecule has 4 amide bonds. The number of urea groups is 1. The maximum absolute atomic E-state index is 13.9. The predicted molar refractivity (Wildman–Crippen MR) is 178 cm³/mol. The van der Waals surface area contributed by atoms with Crippen molar-refractivity contribution in [3.05, 3.63) is 76.8 Å². The molecule has 3 heterocycles. The fourth-order valence-electron chi connectivity index (χ4n) is 6.81. The Bertz CT molecular complexity index is 1370. The first-order chi connectivity index (χ1) is 21.8. The van der Waals surface area contributed by atoms with Crippen LogP contribution in [0.3, 0.4) is 0 Å². The molecule has 0 bridgehead atoms. The summed E-state index contributed by atoms with van der Waals surface area (Å²) in [7, 11) is 0. The molecule has 10 heteroatoms. The van der Waals surface area contributed by atoms with Gasteiger partial charge in [0.2, 0.25) is 0 Å². The number of aryl methyl sites for hydroxylation is 1. The molecule has 3 aliphatic rings. The van der Waals surface area contributed by atoms with Gasteiger partial charge < -0.3 is 24.8 Å². The van der Waals surface area contributed by atoms with Gasteiger partial charge in [0.05, 0.1) is 0 Å². The van der Waals surface area contributed by atoms with Gasteiger partial charge in [-0.25, -0.2) is 9.59 Å². The average molecular weight is 636 g/mol. The molecule has 0 spiro atoms. The van der Waals surface area contributed by atoms with Gasteiger partial charge in [-0.2, -0.15) is 0 Å². The number of benzene rings is 2. The highest BCUT2D eigenvalue weighted by atomic mass is 35.5. The first-order valence-corrected chi connectivity index (χ1v) is 16.6. The maximum atomic E-state index is 13.9. The molecule has 0 aromatic heterocycles. The van der Waals surface area contributed by atoms with Gasteiger partial charge in [-0.05, 0) is 74.4 Å². The predicted octanol–water partition coefficient (Wildman–Crippen LogP) is 5.75. The lowest BCUT2D eigenvalue weighted by Gasteiger charge is -2.39. The van der Waals surface area contributed by atoms with Crippen LogP contribution >= 0.6 is 11.6 Å². The summed E-state index contributed by atoms with van der Waals surface area (Å²) in [6, 6.07) is 13.9. The summed E-state index contributed by atoms with van der Waals surface area (Å²) in [5, 5.41) is 3.67. The summed E-state index contributed by atoms with van der Waals surface area (Å²) in [5.41, 5.74) is 3.79. The van der Waals surface area contributed by atoms with Crippen LogP contribution in [0.1, 0.15) is 49.3 Å². The first kappa shape index (κ1) is 32.8. The van der Waals surface area contributed by atoms with E-state index < -0.39 is 12.2 Å². The Balaban J connectivity index is 1.21. The van der Waals surface area contributed by atoms with E-state index in [2.05, 4.69) is 23.7 Å². The summed E-state index contributed by atoms with van der Waals surface area (Å²) in [6.45, 7) is 12.5. The lowest BCUT2D eigenvalue weighted by molar-refractivity contribution is -0.142.